The second-order valence-corrected chi connectivity index (χ2v) is 9.43. The van der Waals surface area contributed by atoms with Gasteiger partial charge >= 0.3 is 6.18 Å². The molecule has 0 atom stereocenters. The summed E-state index contributed by atoms with van der Waals surface area (Å²) in [4.78, 5) is 15.8. The Balaban J connectivity index is 1.65. The van der Waals surface area contributed by atoms with Gasteiger partial charge in [0.15, 0.2) is 11.5 Å². The SMILES string of the molecule is COc1n[nH]c2ncc(NC(=O)c3c(F)ccc(NS(=O)(=O)c4ccc(Cl)c(C(F)(F)F)c4)c3F)cc12. The number of pyridine rings is 1. The van der Waals surface area contributed by atoms with Crippen LogP contribution in [-0.2, 0) is 16.2 Å². The molecule has 0 radical (unpaired) electrons. The van der Waals surface area contributed by atoms with E-state index in [1.807, 2.05) is 0 Å². The maximum absolute atomic E-state index is 15.1. The number of ether oxygens (including phenoxy) is 1. The quantitative estimate of drug-likeness (QED) is 0.285. The molecule has 9 nitrogen and oxygen atoms in total. The van der Waals surface area contributed by atoms with Crippen molar-refractivity contribution in [3.63, 3.8) is 0 Å². The molecule has 0 unspecified atom stereocenters. The van der Waals surface area contributed by atoms with E-state index in [0.717, 1.165) is 6.07 Å². The zero-order valence-corrected chi connectivity index (χ0v) is 19.8. The number of benzene rings is 2. The molecule has 3 N–H and O–H groups in total. The average molecular weight is 562 g/mol. The Morgan fingerprint density at radius 3 is 2.54 bits per heavy atom. The Morgan fingerprint density at radius 1 is 1.14 bits per heavy atom. The maximum atomic E-state index is 15.1. The van der Waals surface area contributed by atoms with Crippen molar-refractivity contribution in [3.05, 3.63) is 70.4 Å². The third-order valence-electron chi connectivity index (χ3n) is 4.95. The molecule has 0 fully saturated rings. The fourth-order valence-corrected chi connectivity index (χ4v) is 4.54. The largest absolute Gasteiger partial charge is 0.479 e. The molecule has 16 heteroatoms. The Bertz CT molecular complexity index is 1640. The lowest BCUT2D eigenvalue weighted by Gasteiger charge is -2.14. The van der Waals surface area contributed by atoms with E-state index >= 15 is 4.39 Å². The van der Waals surface area contributed by atoms with Crippen LogP contribution in [0.1, 0.15) is 15.9 Å². The van der Waals surface area contributed by atoms with E-state index in [-0.39, 0.29) is 17.6 Å². The van der Waals surface area contributed by atoms with Crippen LogP contribution in [0.2, 0.25) is 5.02 Å². The number of carbonyl (C=O) groups excluding carboxylic acids is 1. The highest BCUT2D eigenvalue weighted by Gasteiger charge is 2.35. The Kier molecular flexibility index (Phi) is 6.68. The first-order valence-corrected chi connectivity index (χ1v) is 11.7. The standard InChI is InChI=1S/C21H13ClF5N5O4S/c1-36-20-11-6-9(8-28-18(11)30-31-20)29-19(33)16-14(23)4-5-15(17(16)24)32-37(34,35)10-2-3-13(22)12(7-10)21(25,26)27/h2-8,32H,1H3,(H,29,33)(H,28,30,31). The molecule has 2 aromatic heterocycles. The van der Waals surface area contributed by atoms with Gasteiger partial charge in [0.1, 0.15) is 11.4 Å². The van der Waals surface area contributed by atoms with Gasteiger partial charge in [-0.25, -0.2) is 22.2 Å². The summed E-state index contributed by atoms with van der Waals surface area (Å²) in [5.74, 6) is -4.10. The molecule has 2 aromatic carbocycles. The summed E-state index contributed by atoms with van der Waals surface area (Å²) in [5, 5.41) is 8.24. The number of halogens is 6. The molecule has 0 saturated carbocycles. The molecule has 0 aliphatic rings. The number of H-pyrrole nitrogens is 1. The van der Waals surface area contributed by atoms with E-state index in [4.69, 9.17) is 16.3 Å². The molecule has 0 aliphatic carbocycles. The van der Waals surface area contributed by atoms with E-state index in [1.165, 1.54) is 19.4 Å². The van der Waals surface area contributed by atoms with E-state index in [1.54, 1.807) is 4.72 Å². The number of amides is 1. The molecule has 0 aliphatic heterocycles. The van der Waals surface area contributed by atoms with Crippen LogP contribution in [0.4, 0.5) is 33.3 Å². The van der Waals surface area contributed by atoms with Crippen molar-refractivity contribution in [1.82, 2.24) is 15.2 Å². The zero-order chi connectivity index (χ0) is 27.1. The van der Waals surface area contributed by atoms with Crippen LogP contribution in [-0.4, -0.2) is 36.6 Å². The minimum Gasteiger partial charge on any atom is -0.479 e. The summed E-state index contributed by atoms with van der Waals surface area (Å²) in [6.45, 7) is 0. The number of alkyl halides is 3. The van der Waals surface area contributed by atoms with Gasteiger partial charge in [-0.05, 0) is 36.4 Å². The zero-order valence-electron chi connectivity index (χ0n) is 18.2. The van der Waals surface area contributed by atoms with Gasteiger partial charge < -0.3 is 10.1 Å². The first kappa shape index (κ1) is 26.1. The molecule has 4 aromatic rings. The van der Waals surface area contributed by atoms with Crippen LogP contribution in [0.3, 0.4) is 0 Å². The normalized spacial score (nSPS) is 12.0. The van der Waals surface area contributed by atoms with Gasteiger partial charge in [-0.2, -0.15) is 13.2 Å². The number of nitrogens with one attached hydrogen (secondary N) is 3. The van der Waals surface area contributed by atoms with E-state index in [0.29, 0.717) is 29.2 Å². The smallest absolute Gasteiger partial charge is 0.417 e. The Hall–Kier alpha value is -3.98. The Morgan fingerprint density at radius 2 is 1.86 bits per heavy atom. The second kappa shape index (κ2) is 9.48. The fourth-order valence-electron chi connectivity index (χ4n) is 3.23. The summed E-state index contributed by atoms with van der Waals surface area (Å²) in [6.07, 6.45) is -3.80. The molecular formula is C21H13ClF5N5O4S. The lowest BCUT2D eigenvalue weighted by atomic mass is 10.1. The van der Waals surface area contributed by atoms with Crippen molar-refractivity contribution in [2.75, 3.05) is 17.1 Å². The summed E-state index contributed by atoms with van der Waals surface area (Å²) in [5.41, 5.74) is -3.18. The topological polar surface area (TPSA) is 126 Å². The molecule has 2 heterocycles. The van der Waals surface area contributed by atoms with Gasteiger partial charge in [-0.1, -0.05) is 11.6 Å². The van der Waals surface area contributed by atoms with E-state index < -0.39 is 60.5 Å². The van der Waals surface area contributed by atoms with Gasteiger partial charge in [-0.15, -0.1) is 5.10 Å². The number of sulfonamides is 1. The van der Waals surface area contributed by atoms with Gasteiger partial charge in [0, 0.05) is 0 Å². The first-order chi connectivity index (χ1) is 17.3. The highest BCUT2D eigenvalue weighted by Crippen LogP contribution is 2.36. The van der Waals surface area contributed by atoms with E-state index in [9.17, 15) is 30.8 Å². The summed E-state index contributed by atoms with van der Waals surface area (Å²) in [7, 11) is -3.47. The van der Waals surface area contributed by atoms with Gasteiger partial charge in [0.2, 0.25) is 5.88 Å². The average Bonchev–Trinajstić information content (AvgIpc) is 3.22. The lowest BCUT2D eigenvalue weighted by molar-refractivity contribution is -0.137. The molecule has 4 rings (SSSR count). The number of hydrogen-bond donors (Lipinski definition) is 3. The second-order valence-electron chi connectivity index (χ2n) is 7.34. The first-order valence-electron chi connectivity index (χ1n) is 9.89. The van der Waals surface area contributed by atoms with Crippen LogP contribution in [0.25, 0.3) is 11.0 Å². The number of methoxy groups -OCH3 is 1. The van der Waals surface area contributed by atoms with Crippen LogP contribution < -0.4 is 14.8 Å². The third-order valence-corrected chi connectivity index (χ3v) is 6.64. The number of carbonyl (C=O) groups is 1. The third kappa shape index (κ3) is 5.13. The van der Waals surface area contributed by atoms with Crippen LogP contribution in [0, 0.1) is 11.6 Å². The molecule has 0 bridgehead atoms. The summed E-state index contributed by atoms with van der Waals surface area (Å²) < 4.78 is 101. The van der Waals surface area contributed by atoms with Crippen molar-refractivity contribution < 1.29 is 39.9 Å². The van der Waals surface area contributed by atoms with Gasteiger partial charge in [-0.3, -0.25) is 14.6 Å². The molecular weight excluding hydrogens is 549 g/mol. The molecule has 0 saturated heterocycles. The van der Waals surface area contributed by atoms with Crippen molar-refractivity contribution in [3.8, 4) is 5.88 Å². The summed E-state index contributed by atoms with van der Waals surface area (Å²) in [6, 6.07) is 4.38. The van der Waals surface area contributed by atoms with Gasteiger partial charge in [0.05, 0.1) is 45.5 Å². The number of aromatic nitrogens is 3. The predicted octanol–water partition coefficient (Wildman–Crippen LogP) is 4.97. The van der Waals surface area contributed by atoms with Crippen LogP contribution >= 0.6 is 11.6 Å². The van der Waals surface area contributed by atoms with E-state index in [2.05, 4.69) is 20.5 Å². The molecule has 37 heavy (non-hydrogen) atoms. The lowest BCUT2D eigenvalue weighted by Crippen LogP contribution is -2.20. The highest BCUT2D eigenvalue weighted by molar-refractivity contribution is 7.92. The maximum Gasteiger partial charge on any atom is 0.417 e. The highest BCUT2D eigenvalue weighted by atomic mass is 35.5. The number of rotatable bonds is 6. The minimum absolute atomic E-state index is 0.00262. The summed E-state index contributed by atoms with van der Waals surface area (Å²) >= 11 is 5.50. The van der Waals surface area contributed by atoms with Crippen LogP contribution in [0.5, 0.6) is 5.88 Å². The minimum atomic E-state index is -4.96. The number of fused-ring (bicyclic) bond motifs is 1. The van der Waals surface area contributed by atoms with Gasteiger partial charge in [0.25, 0.3) is 15.9 Å². The van der Waals surface area contributed by atoms with Crippen molar-refractivity contribution in [2.24, 2.45) is 0 Å². The molecule has 194 valence electrons. The molecule has 0 spiro atoms. The van der Waals surface area contributed by atoms with Crippen molar-refractivity contribution in [2.45, 2.75) is 11.1 Å². The van der Waals surface area contributed by atoms with Crippen molar-refractivity contribution >= 4 is 49.9 Å². The number of anilines is 2. The van der Waals surface area contributed by atoms with Crippen LogP contribution in [0.15, 0.2) is 47.5 Å². The molecule has 1 amide bonds. The van der Waals surface area contributed by atoms with Crippen molar-refractivity contribution in [1.29, 1.82) is 0 Å². The number of nitrogens with zero attached hydrogens (tertiary/aromatic N) is 2. The number of hydrogen-bond acceptors (Lipinski definition) is 6. The fraction of sp³-hybridized carbons (Fsp3) is 0.0952. The Labute approximate surface area is 209 Å². The number of aromatic amines is 1. The predicted molar refractivity (Wildman–Crippen MR) is 122 cm³/mol. The monoisotopic (exact) mass is 561 g/mol.